The first-order valence-electron chi connectivity index (χ1n) is 6.08. The quantitative estimate of drug-likeness (QED) is 0.530. The molecule has 0 bridgehead atoms. The van der Waals surface area contributed by atoms with E-state index in [1.54, 1.807) is 18.2 Å². The number of hydrogen-bond acceptors (Lipinski definition) is 5. The second kappa shape index (κ2) is 6.65. The fraction of sp³-hybridized carbons (Fsp3) is 0.0769. The summed E-state index contributed by atoms with van der Waals surface area (Å²) < 4.78 is 38.9. The molecular formula is C13H6ClF3N2O4S. The van der Waals surface area contributed by atoms with Crippen molar-refractivity contribution in [2.45, 2.75) is 16.0 Å². The lowest BCUT2D eigenvalue weighted by Gasteiger charge is -2.12. The van der Waals surface area contributed by atoms with E-state index in [0.29, 0.717) is 16.7 Å². The van der Waals surface area contributed by atoms with Crippen molar-refractivity contribution in [1.82, 2.24) is 0 Å². The Morgan fingerprint density at radius 3 is 2.08 bits per heavy atom. The number of nitro benzene ring substituents is 2. The Hall–Kier alpha value is -2.33. The summed E-state index contributed by atoms with van der Waals surface area (Å²) >= 11 is 6.13. The lowest BCUT2D eigenvalue weighted by molar-refractivity contribution is -0.400. The van der Waals surface area contributed by atoms with Crippen LogP contribution in [0.25, 0.3) is 0 Å². The molecule has 2 rings (SSSR count). The van der Waals surface area contributed by atoms with E-state index in [4.69, 9.17) is 11.6 Å². The molecule has 126 valence electrons. The van der Waals surface area contributed by atoms with Gasteiger partial charge in [0.25, 0.3) is 5.69 Å². The molecule has 0 heterocycles. The van der Waals surface area contributed by atoms with Crippen LogP contribution in [0.4, 0.5) is 24.5 Å². The van der Waals surface area contributed by atoms with Crippen LogP contribution in [0.5, 0.6) is 0 Å². The van der Waals surface area contributed by atoms with Crippen LogP contribution in [-0.4, -0.2) is 9.85 Å². The molecule has 0 aromatic heterocycles. The van der Waals surface area contributed by atoms with E-state index in [9.17, 15) is 33.4 Å². The van der Waals surface area contributed by atoms with Gasteiger partial charge in [-0.1, -0.05) is 41.6 Å². The first-order valence-corrected chi connectivity index (χ1v) is 7.27. The molecule has 0 radical (unpaired) electrons. The van der Waals surface area contributed by atoms with Gasteiger partial charge in [0.2, 0.25) is 0 Å². The summed E-state index contributed by atoms with van der Waals surface area (Å²) in [5.41, 5.74) is -3.81. The minimum Gasteiger partial charge on any atom is -0.258 e. The topological polar surface area (TPSA) is 86.3 Å². The molecule has 2 aromatic rings. The van der Waals surface area contributed by atoms with E-state index in [1.165, 1.54) is 12.1 Å². The number of rotatable bonds is 4. The molecule has 0 amide bonds. The Morgan fingerprint density at radius 2 is 1.62 bits per heavy atom. The highest BCUT2D eigenvalue weighted by Gasteiger charge is 2.42. The Kier molecular flexibility index (Phi) is 4.99. The van der Waals surface area contributed by atoms with Crippen molar-refractivity contribution in [3.05, 3.63) is 67.2 Å². The maximum atomic E-state index is 13.0. The Morgan fingerprint density at radius 1 is 1.04 bits per heavy atom. The third kappa shape index (κ3) is 3.60. The molecule has 0 N–H and O–H groups in total. The predicted molar refractivity (Wildman–Crippen MR) is 80.3 cm³/mol. The summed E-state index contributed by atoms with van der Waals surface area (Å²) in [5, 5.41) is 21.2. The van der Waals surface area contributed by atoms with Gasteiger partial charge in [0.1, 0.15) is 5.02 Å². The van der Waals surface area contributed by atoms with E-state index in [0.717, 1.165) is 0 Å². The molecule has 0 atom stereocenters. The van der Waals surface area contributed by atoms with Gasteiger partial charge in [0.15, 0.2) is 4.90 Å². The Bertz CT molecular complexity index is 815. The first kappa shape index (κ1) is 18.0. The van der Waals surface area contributed by atoms with Gasteiger partial charge in [-0.2, -0.15) is 13.2 Å². The van der Waals surface area contributed by atoms with Gasteiger partial charge in [-0.3, -0.25) is 20.2 Å². The molecule has 0 spiro atoms. The zero-order valence-corrected chi connectivity index (χ0v) is 13.0. The number of halogens is 4. The van der Waals surface area contributed by atoms with Crippen molar-refractivity contribution in [2.75, 3.05) is 0 Å². The normalized spacial score (nSPS) is 11.3. The van der Waals surface area contributed by atoms with Crippen LogP contribution in [-0.2, 0) is 6.18 Å². The molecule has 0 unspecified atom stereocenters. The largest absolute Gasteiger partial charge is 0.418 e. The van der Waals surface area contributed by atoms with Crippen molar-refractivity contribution in [2.24, 2.45) is 0 Å². The van der Waals surface area contributed by atoms with Gasteiger partial charge < -0.3 is 0 Å². The highest BCUT2D eigenvalue weighted by molar-refractivity contribution is 7.99. The highest BCUT2D eigenvalue weighted by atomic mass is 35.5. The standard InChI is InChI=1S/C13H6ClF3N2O4S/c14-10-8(13(15,16)17)6-9(18(20)21)12(11(10)19(22)23)24-7-4-2-1-3-5-7/h1-6H. The summed E-state index contributed by atoms with van der Waals surface area (Å²) in [6.45, 7) is 0. The zero-order chi connectivity index (χ0) is 18.1. The Balaban J connectivity index is 2.78. The molecule has 0 aliphatic rings. The first-order chi connectivity index (χ1) is 11.1. The molecule has 0 aliphatic heterocycles. The second-order valence-corrected chi connectivity index (χ2v) is 5.82. The average molecular weight is 379 g/mol. The lowest BCUT2D eigenvalue weighted by atomic mass is 10.1. The van der Waals surface area contributed by atoms with E-state index >= 15 is 0 Å². The number of alkyl halides is 3. The van der Waals surface area contributed by atoms with Gasteiger partial charge in [-0.15, -0.1) is 0 Å². The molecular weight excluding hydrogens is 373 g/mol. The third-order valence-electron chi connectivity index (χ3n) is 2.82. The SMILES string of the molecule is O=[N+]([O-])c1cc(C(F)(F)F)c(Cl)c([N+](=O)[O-])c1Sc1ccccc1. The van der Waals surface area contributed by atoms with Crippen molar-refractivity contribution < 1.29 is 23.0 Å². The molecule has 24 heavy (non-hydrogen) atoms. The van der Waals surface area contributed by atoms with Crippen LogP contribution in [0, 0.1) is 20.2 Å². The predicted octanol–water partition coefficient (Wildman–Crippen LogP) is 5.33. The highest BCUT2D eigenvalue weighted by Crippen LogP contribution is 2.49. The van der Waals surface area contributed by atoms with Crippen molar-refractivity contribution in [3.63, 3.8) is 0 Å². The molecule has 0 saturated carbocycles. The van der Waals surface area contributed by atoms with E-state index < -0.39 is 42.9 Å². The van der Waals surface area contributed by atoms with E-state index in [2.05, 4.69) is 0 Å². The van der Waals surface area contributed by atoms with E-state index in [1.807, 2.05) is 0 Å². The zero-order valence-electron chi connectivity index (χ0n) is 11.4. The molecule has 0 saturated heterocycles. The van der Waals surface area contributed by atoms with Crippen LogP contribution < -0.4 is 0 Å². The maximum absolute atomic E-state index is 13.0. The summed E-state index contributed by atoms with van der Waals surface area (Å²) in [4.78, 5) is 19.9. The summed E-state index contributed by atoms with van der Waals surface area (Å²) in [6, 6.07) is 8.01. The van der Waals surface area contributed by atoms with Crippen LogP contribution in [0.15, 0.2) is 46.2 Å². The van der Waals surface area contributed by atoms with Gasteiger partial charge in [-0.25, -0.2) is 0 Å². The molecule has 0 aliphatic carbocycles. The monoisotopic (exact) mass is 378 g/mol. The fourth-order valence-electron chi connectivity index (χ4n) is 1.83. The van der Waals surface area contributed by atoms with Crippen molar-refractivity contribution >= 4 is 34.7 Å². The summed E-state index contributed by atoms with van der Waals surface area (Å²) in [6.07, 6.45) is -5.07. The van der Waals surface area contributed by atoms with Crippen molar-refractivity contribution in [1.29, 1.82) is 0 Å². The van der Waals surface area contributed by atoms with Crippen LogP contribution in [0.3, 0.4) is 0 Å². The maximum Gasteiger partial charge on any atom is 0.418 e. The summed E-state index contributed by atoms with van der Waals surface area (Å²) in [7, 11) is 0. The Labute approximate surface area is 141 Å². The smallest absolute Gasteiger partial charge is 0.258 e. The summed E-state index contributed by atoms with van der Waals surface area (Å²) in [5.74, 6) is 0. The van der Waals surface area contributed by atoms with Gasteiger partial charge in [0, 0.05) is 11.0 Å². The third-order valence-corrected chi connectivity index (χ3v) is 4.32. The second-order valence-electron chi connectivity index (χ2n) is 4.36. The molecule has 2 aromatic carbocycles. The number of hydrogen-bond donors (Lipinski definition) is 0. The van der Waals surface area contributed by atoms with Crippen LogP contribution in [0.1, 0.15) is 5.56 Å². The van der Waals surface area contributed by atoms with Gasteiger partial charge >= 0.3 is 11.9 Å². The van der Waals surface area contributed by atoms with Crippen LogP contribution in [0.2, 0.25) is 5.02 Å². The molecule has 6 nitrogen and oxygen atoms in total. The van der Waals surface area contributed by atoms with Gasteiger partial charge in [0.05, 0.1) is 15.4 Å². The minimum absolute atomic E-state index is 0.209. The van der Waals surface area contributed by atoms with Crippen molar-refractivity contribution in [3.8, 4) is 0 Å². The average Bonchev–Trinajstić information content (AvgIpc) is 2.46. The molecule has 11 heteroatoms. The van der Waals surface area contributed by atoms with Gasteiger partial charge in [-0.05, 0) is 12.1 Å². The lowest BCUT2D eigenvalue weighted by Crippen LogP contribution is -2.09. The number of nitrogens with zero attached hydrogens (tertiary/aromatic N) is 2. The fourth-order valence-corrected chi connectivity index (χ4v) is 3.25. The molecule has 0 fully saturated rings. The van der Waals surface area contributed by atoms with E-state index in [-0.39, 0.29) is 6.07 Å². The number of benzene rings is 2. The van der Waals surface area contributed by atoms with Crippen LogP contribution >= 0.6 is 23.4 Å². The number of nitro groups is 2. The minimum atomic E-state index is -5.07.